The number of ether oxygens (including phenoxy) is 2. The van der Waals surface area contributed by atoms with Gasteiger partial charge in [0.05, 0.1) is 24.9 Å². The molecule has 0 unspecified atom stereocenters. The van der Waals surface area contributed by atoms with E-state index in [4.69, 9.17) is 19.6 Å². The van der Waals surface area contributed by atoms with E-state index >= 15 is 0 Å². The number of nitrogens with zero attached hydrogens (tertiary/aromatic N) is 6. The van der Waals surface area contributed by atoms with E-state index in [-0.39, 0.29) is 23.8 Å². The molecule has 12 heteroatoms. The van der Waals surface area contributed by atoms with Gasteiger partial charge in [0.15, 0.2) is 5.82 Å². The second kappa shape index (κ2) is 13.1. The third kappa shape index (κ3) is 6.09. The van der Waals surface area contributed by atoms with Crippen LogP contribution in [0.2, 0.25) is 0 Å². The summed E-state index contributed by atoms with van der Waals surface area (Å²) in [6.45, 7) is 5.73. The first kappa shape index (κ1) is 30.2. The number of benzene rings is 1. The molecule has 2 N–H and O–H groups in total. The molecule has 0 atom stereocenters. The van der Waals surface area contributed by atoms with Gasteiger partial charge in [0, 0.05) is 74.3 Å². The van der Waals surface area contributed by atoms with Crippen LogP contribution in [0.15, 0.2) is 55.1 Å². The summed E-state index contributed by atoms with van der Waals surface area (Å²) in [5, 5.41) is 11.7. The highest BCUT2D eigenvalue weighted by molar-refractivity contribution is 5.85. The summed E-state index contributed by atoms with van der Waals surface area (Å²) in [4.78, 5) is 16.2. The highest BCUT2D eigenvalue weighted by Crippen LogP contribution is 2.41. The molecule has 1 aromatic carbocycles. The minimum atomic E-state index is -0.442. The van der Waals surface area contributed by atoms with Crippen molar-refractivity contribution in [2.75, 3.05) is 56.7 Å². The van der Waals surface area contributed by atoms with Crippen LogP contribution in [0.1, 0.15) is 38.1 Å². The number of nitrogens with one attached hydrogen (secondary N) is 2. The van der Waals surface area contributed by atoms with Gasteiger partial charge in [-0.2, -0.15) is 5.10 Å². The fourth-order valence-electron chi connectivity index (χ4n) is 6.64. The van der Waals surface area contributed by atoms with Crippen molar-refractivity contribution in [3.63, 3.8) is 0 Å². The Morgan fingerprint density at radius 3 is 2.68 bits per heavy atom. The van der Waals surface area contributed by atoms with Crippen molar-refractivity contribution in [1.82, 2.24) is 30.0 Å². The summed E-state index contributed by atoms with van der Waals surface area (Å²) in [6.07, 6.45) is 13.1. The van der Waals surface area contributed by atoms with Gasteiger partial charge in [-0.05, 0) is 62.3 Å². The van der Waals surface area contributed by atoms with Crippen LogP contribution in [-0.4, -0.2) is 71.2 Å². The molecule has 0 aliphatic carbocycles. The molecule has 6 heterocycles. The summed E-state index contributed by atoms with van der Waals surface area (Å²) in [7, 11) is 1.51. The lowest BCUT2D eigenvalue weighted by atomic mass is 9.77. The van der Waals surface area contributed by atoms with Crippen molar-refractivity contribution in [3.05, 3.63) is 60.9 Å². The average molecular weight is 621 g/mol. The molecule has 232 valence electrons. The molecule has 7 rings (SSSR count). The standard InChI is InChI=1S/C32H37FN8O2.ClH/c1-42-27-4-2-3-25(33)30(27)31-35-11-5-28(39-31)38-29-17-26(40-13-9-32(10-14-40)8-12-34-21-32)24(19-36-29)22-18-37-41(20-22)23-6-15-43-16-7-23;/h2-5,11,17-20,23,34H,6-10,12-16,21H2,1H3,(H,35,36,38,39);1H. The summed E-state index contributed by atoms with van der Waals surface area (Å²) in [5.41, 5.74) is 3.87. The lowest BCUT2D eigenvalue weighted by Gasteiger charge is -2.40. The van der Waals surface area contributed by atoms with Gasteiger partial charge < -0.3 is 25.0 Å². The summed E-state index contributed by atoms with van der Waals surface area (Å²) >= 11 is 0. The number of halogens is 2. The van der Waals surface area contributed by atoms with Crippen molar-refractivity contribution in [3.8, 4) is 28.3 Å². The second-order valence-corrected chi connectivity index (χ2v) is 11.8. The van der Waals surface area contributed by atoms with Crippen molar-refractivity contribution >= 4 is 29.7 Å². The van der Waals surface area contributed by atoms with Crippen LogP contribution in [0, 0.1) is 11.2 Å². The molecule has 3 aliphatic rings. The molecule has 10 nitrogen and oxygen atoms in total. The zero-order chi connectivity index (χ0) is 29.2. The van der Waals surface area contributed by atoms with Gasteiger partial charge in [-0.1, -0.05) is 6.07 Å². The predicted molar refractivity (Wildman–Crippen MR) is 170 cm³/mol. The Hall–Kier alpha value is -3.80. The van der Waals surface area contributed by atoms with Crippen molar-refractivity contribution in [2.24, 2.45) is 5.41 Å². The van der Waals surface area contributed by atoms with Crippen LogP contribution in [0.4, 0.5) is 21.7 Å². The minimum absolute atomic E-state index is 0. The first-order valence-electron chi connectivity index (χ1n) is 15.1. The third-order valence-electron chi connectivity index (χ3n) is 9.19. The Kier molecular flexibility index (Phi) is 8.97. The van der Waals surface area contributed by atoms with Gasteiger partial charge in [-0.3, -0.25) is 4.68 Å². The lowest BCUT2D eigenvalue weighted by Crippen LogP contribution is -2.41. The highest BCUT2D eigenvalue weighted by atomic mass is 35.5. The number of rotatable bonds is 7. The van der Waals surface area contributed by atoms with Crippen LogP contribution in [0.5, 0.6) is 5.75 Å². The molecule has 3 fully saturated rings. The van der Waals surface area contributed by atoms with E-state index in [2.05, 4.69) is 42.4 Å². The molecule has 3 saturated heterocycles. The Bertz CT molecular complexity index is 1580. The zero-order valence-electron chi connectivity index (χ0n) is 24.8. The monoisotopic (exact) mass is 620 g/mol. The van der Waals surface area contributed by atoms with E-state index in [0.29, 0.717) is 28.8 Å². The first-order valence-corrected chi connectivity index (χ1v) is 15.1. The van der Waals surface area contributed by atoms with E-state index in [9.17, 15) is 4.39 Å². The number of anilines is 3. The molecule has 1 spiro atoms. The number of pyridine rings is 1. The maximum absolute atomic E-state index is 14.8. The summed E-state index contributed by atoms with van der Waals surface area (Å²) in [6, 6.07) is 8.88. The topological polar surface area (TPSA) is 102 Å². The third-order valence-corrected chi connectivity index (χ3v) is 9.19. The van der Waals surface area contributed by atoms with Crippen LogP contribution in [-0.2, 0) is 4.74 Å². The van der Waals surface area contributed by atoms with Crippen LogP contribution in [0.3, 0.4) is 0 Å². The highest BCUT2D eigenvalue weighted by Gasteiger charge is 2.37. The van der Waals surface area contributed by atoms with E-state index in [1.165, 1.54) is 19.6 Å². The van der Waals surface area contributed by atoms with Crippen molar-refractivity contribution in [1.29, 1.82) is 0 Å². The average Bonchev–Trinajstić information content (AvgIpc) is 3.72. The fraction of sp³-hybridized carbons (Fsp3) is 0.438. The maximum atomic E-state index is 14.8. The molecule has 0 radical (unpaired) electrons. The summed E-state index contributed by atoms with van der Waals surface area (Å²) < 4.78 is 27.8. The van der Waals surface area contributed by atoms with Crippen LogP contribution >= 0.6 is 12.4 Å². The van der Waals surface area contributed by atoms with Gasteiger partial charge >= 0.3 is 0 Å². The second-order valence-electron chi connectivity index (χ2n) is 11.8. The van der Waals surface area contributed by atoms with Crippen LogP contribution in [0.25, 0.3) is 22.5 Å². The Balaban J connectivity index is 0.00000343. The number of hydrogen-bond donors (Lipinski definition) is 2. The SMILES string of the molecule is COc1cccc(F)c1-c1nccc(Nc2cc(N3CCC4(CCNC4)CC3)c(-c3cnn(C4CCOCC4)c3)cn2)n1.Cl. The molecule has 3 aromatic heterocycles. The normalized spacial score (nSPS) is 18.3. The van der Waals surface area contributed by atoms with Crippen LogP contribution < -0.4 is 20.3 Å². The van der Waals surface area contributed by atoms with Gasteiger partial charge in [0.2, 0.25) is 0 Å². The fourth-order valence-corrected chi connectivity index (χ4v) is 6.64. The van der Waals surface area contributed by atoms with E-state index in [0.717, 1.165) is 81.9 Å². The molecular formula is C32H38ClFN8O2. The number of hydrogen-bond acceptors (Lipinski definition) is 9. The Morgan fingerprint density at radius 2 is 1.91 bits per heavy atom. The predicted octanol–water partition coefficient (Wildman–Crippen LogP) is 5.65. The zero-order valence-corrected chi connectivity index (χ0v) is 25.7. The van der Waals surface area contributed by atoms with Gasteiger partial charge in [-0.15, -0.1) is 12.4 Å². The molecular weight excluding hydrogens is 583 g/mol. The van der Waals surface area contributed by atoms with Crippen molar-refractivity contribution in [2.45, 2.75) is 38.1 Å². The van der Waals surface area contributed by atoms with E-state index in [1.807, 2.05) is 12.4 Å². The smallest absolute Gasteiger partial charge is 0.168 e. The quantitative estimate of drug-likeness (QED) is 0.271. The van der Waals surface area contributed by atoms with Gasteiger partial charge in [-0.25, -0.2) is 19.3 Å². The maximum Gasteiger partial charge on any atom is 0.168 e. The molecule has 0 bridgehead atoms. The Labute approximate surface area is 262 Å². The molecule has 44 heavy (non-hydrogen) atoms. The first-order chi connectivity index (χ1) is 21.1. The molecule has 0 amide bonds. The number of methoxy groups -OCH3 is 1. The number of aromatic nitrogens is 5. The van der Waals surface area contributed by atoms with E-state index in [1.54, 1.807) is 24.4 Å². The van der Waals surface area contributed by atoms with E-state index < -0.39 is 5.82 Å². The Morgan fingerprint density at radius 1 is 1.07 bits per heavy atom. The largest absolute Gasteiger partial charge is 0.496 e. The van der Waals surface area contributed by atoms with Gasteiger partial charge in [0.1, 0.15) is 23.2 Å². The molecule has 4 aromatic rings. The summed E-state index contributed by atoms with van der Waals surface area (Å²) in [5.74, 6) is 1.35. The molecule has 0 saturated carbocycles. The lowest BCUT2D eigenvalue weighted by molar-refractivity contribution is 0.0662. The number of piperidine rings is 1. The molecule has 3 aliphatic heterocycles. The minimum Gasteiger partial charge on any atom is -0.496 e. The van der Waals surface area contributed by atoms with Crippen molar-refractivity contribution < 1.29 is 13.9 Å². The van der Waals surface area contributed by atoms with Gasteiger partial charge in [0.25, 0.3) is 0 Å².